The molecule has 1 heterocycles. The van der Waals surface area contributed by atoms with Crippen molar-refractivity contribution in [3.8, 4) is 5.75 Å². The molecule has 0 saturated heterocycles. The van der Waals surface area contributed by atoms with Crippen LogP contribution in [-0.4, -0.2) is 23.7 Å². The molecule has 148 valence electrons. The SMILES string of the molecule is Cc1ccc(/C=N\NC(=O)COc2ccc3c(C)cc(=O)oc3c2)cc1[N+](=O)[O-]. The Kier molecular flexibility index (Phi) is 5.68. The van der Waals surface area contributed by atoms with Crippen LogP contribution >= 0.6 is 0 Å². The Balaban J connectivity index is 1.60. The molecule has 0 aliphatic rings. The molecule has 0 atom stereocenters. The zero-order chi connectivity index (χ0) is 21.0. The standard InChI is InChI=1S/C20H17N3O6/c1-12-3-4-14(8-17(12)23(26)27)10-21-22-19(24)11-28-15-5-6-16-13(2)7-20(25)29-18(16)9-15/h3-10H,11H2,1-2H3,(H,22,24)/b21-10-. The van der Waals surface area contributed by atoms with Crippen molar-refractivity contribution in [1.82, 2.24) is 5.43 Å². The second kappa shape index (κ2) is 8.34. The van der Waals surface area contributed by atoms with E-state index < -0.39 is 16.5 Å². The van der Waals surface area contributed by atoms with Crippen LogP contribution in [0.25, 0.3) is 11.0 Å². The van der Waals surface area contributed by atoms with E-state index in [-0.39, 0.29) is 12.3 Å². The Labute approximate surface area is 164 Å². The van der Waals surface area contributed by atoms with Gasteiger partial charge in [0.15, 0.2) is 6.61 Å². The highest BCUT2D eigenvalue weighted by Crippen LogP contribution is 2.22. The number of nitro groups is 1. The summed E-state index contributed by atoms with van der Waals surface area (Å²) in [5.41, 5.74) is 3.95. The van der Waals surface area contributed by atoms with Gasteiger partial charge >= 0.3 is 5.63 Å². The quantitative estimate of drug-likeness (QED) is 0.296. The summed E-state index contributed by atoms with van der Waals surface area (Å²) in [5, 5.41) is 15.5. The van der Waals surface area contributed by atoms with Crippen LogP contribution in [0, 0.1) is 24.0 Å². The number of amides is 1. The van der Waals surface area contributed by atoms with Gasteiger partial charge in [-0.05, 0) is 31.5 Å². The van der Waals surface area contributed by atoms with Gasteiger partial charge in [-0.1, -0.05) is 12.1 Å². The Morgan fingerprint density at radius 2 is 2.00 bits per heavy atom. The number of fused-ring (bicyclic) bond motifs is 1. The van der Waals surface area contributed by atoms with E-state index in [4.69, 9.17) is 9.15 Å². The Morgan fingerprint density at radius 1 is 1.21 bits per heavy atom. The van der Waals surface area contributed by atoms with Gasteiger partial charge < -0.3 is 9.15 Å². The number of nitro benzene ring substituents is 1. The third-order valence-electron chi connectivity index (χ3n) is 4.13. The van der Waals surface area contributed by atoms with Gasteiger partial charge in [-0.2, -0.15) is 5.10 Å². The lowest BCUT2D eigenvalue weighted by Gasteiger charge is -2.06. The molecule has 29 heavy (non-hydrogen) atoms. The first-order valence-corrected chi connectivity index (χ1v) is 8.58. The monoisotopic (exact) mass is 395 g/mol. The van der Waals surface area contributed by atoms with Gasteiger partial charge in [0.1, 0.15) is 11.3 Å². The summed E-state index contributed by atoms with van der Waals surface area (Å²) in [7, 11) is 0. The second-order valence-corrected chi connectivity index (χ2v) is 6.29. The summed E-state index contributed by atoms with van der Waals surface area (Å²) in [6, 6.07) is 11.0. The van der Waals surface area contributed by atoms with E-state index in [9.17, 15) is 19.7 Å². The topological polar surface area (TPSA) is 124 Å². The summed E-state index contributed by atoms with van der Waals surface area (Å²) in [6.07, 6.45) is 1.30. The predicted molar refractivity (Wildman–Crippen MR) is 106 cm³/mol. The van der Waals surface area contributed by atoms with Crippen LogP contribution in [0.3, 0.4) is 0 Å². The van der Waals surface area contributed by atoms with E-state index >= 15 is 0 Å². The fourth-order valence-corrected chi connectivity index (χ4v) is 2.66. The van der Waals surface area contributed by atoms with E-state index in [1.165, 1.54) is 24.4 Å². The average molecular weight is 395 g/mol. The first-order chi connectivity index (χ1) is 13.8. The predicted octanol–water partition coefficient (Wildman–Crippen LogP) is 2.85. The maximum Gasteiger partial charge on any atom is 0.336 e. The molecular formula is C20H17N3O6. The molecule has 0 aliphatic carbocycles. The minimum absolute atomic E-state index is 0.0261. The van der Waals surface area contributed by atoms with Crippen LogP contribution in [0.4, 0.5) is 5.69 Å². The molecule has 1 N–H and O–H groups in total. The second-order valence-electron chi connectivity index (χ2n) is 6.29. The number of hydrazone groups is 1. The average Bonchev–Trinajstić information content (AvgIpc) is 2.67. The third-order valence-corrected chi connectivity index (χ3v) is 4.13. The fraction of sp³-hybridized carbons (Fsp3) is 0.150. The van der Waals surface area contributed by atoms with Crippen molar-refractivity contribution < 1.29 is 18.9 Å². The minimum atomic E-state index is -0.520. The lowest BCUT2D eigenvalue weighted by atomic mass is 10.1. The Hall–Kier alpha value is -4.01. The number of aryl methyl sites for hydroxylation is 2. The number of nitrogens with one attached hydrogen (secondary N) is 1. The van der Waals surface area contributed by atoms with Crippen molar-refractivity contribution in [2.24, 2.45) is 5.10 Å². The van der Waals surface area contributed by atoms with Gasteiger partial charge in [0.05, 0.1) is 11.1 Å². The van der Waals surface area contributed by atoms with Crippen molar-refractivity contribution >= 4 is 28.8 Å². The van der Waals surface area contributed by atoms with Crippen LogP contribution in [0.2, 0.25) is 0 Å². The van der Waals surface area contributed by atoms with Gasteiger partial charge in [-0.3, -0.25) is 14.9 Å². The van der Waals surface area contributed by atoms with Crippen LogP contribution in [0.5, 0.6) is 5.75 Å². The normalized spacial score (nSPS) is 11.0. The van der Waals surface area contributed by atoms with E-state index in [1.54, 1.807) is 38.1 Å². The van der Waals surface area contributed by atoms with Gasteiger partial charge in [-0.25, -0.2) is 10.2 Å². The zero-order valence-corrected chi connectivity index (χ0v) is 15.7. The van der Waals surface area contributed by atoms with Crippen LogP contribution in [0.15, 0.2) is 56.8 Å². The molecule has 3 rings (SSSR count). The number of benzene rings is 2. The first-order valence-electron chi connectivity index (χ1n) is 8.58. The number of hydrogen-bond acceptors (Lipinski definition) is 7. The summed E-state index contributed by atoms with van der Waals surface area (Å²) < 4.78 is 10.5. The minimum Gasteiger partial charge on any atom is -0.484 e. The molecule has 0 unspecified atom stereocenters. The summed E-state index contributed by atoms with van der Waals surface area (Å²) in [5.74, 6) is -0.159. The highest BCUT2D eigenvalue weighted by molar-refractivity contribution is 5.84. The fourth-order valence-electron chi connectivity index (χ4n) is 2.66. The molecule has 0 saturated carbocycles. The van der Waals surface area contributed by atoms with E-state index in [0.29, 0.717) is 22.5 Å². The molecule has 2 aromatic carbocycles. The number of hydrogen-bond donors (Lipinski definition) is 1. The Morgan fingerprint density at radius 3 is 2.76 bits per heavy atom. The van der Waals surface area contributed by atoms with Gasteiger partial charge in [0.25, 0.3) is 11.6 Å². The summed E-state index contributed by atoms with van der Waals surface area (Å²) in [4.78, 5) is 33.8. The summed E-state index contributed by atoms with van der Waals surface area (Å²) in [6.45, 7) is 3.12. The molecule has 9 heteroatoms. The lowest BCUT2D eigenvalue weighted by molar-refractivity contribution is -0.385. The molecule has 3 aromatic rings. The number of nitrogens with zero attached hydrogens (tertiary/aromatic N) is 2. The van der Waals surface area contributed by atoms with Crippen LogP contribution < -0.4 is 15.8 Å². The largest absolute Gasteiger partial charge is 0.484 e. The van der Waals surface area contributed by atoms with Crippen molar-refractivity contribution in [2.75, 3.05) is 6.61 Å². The van der Waals surface area contributed by atoms with Crippen molar-refractivity contribution in [1.29, 1.82) is 0 Å². The van der Waals surface area contributed by atoms with Crippen molar-refractivity contribution in [3.63, 3.8) is 0 Å². The Bertz CT molecular complexity index is 1180. The molecule has 1 amide bonds. The highest BCUT2D eigenvalue weighted by Gasteiger charge is 2.10. The first kappa shape index (κ1) is 19.7. The smallest absolute Gasteiger partial charge is 0.336 e. The van der Waals surface area contributed by atoms with Gasteiger partial charge in [0.2, 0.25) is 0 Å². The lowest BCUT2D eigenvalue weighted by Crippen LogP contribution is -2.24. The molecule has 0 aliphatic heterocycles. The molecule has 0 radical (unpaired) electrons. The maximum atomic E-state index is 11.9. The molecule has 1 aromatic heterocycles. The van der Waals surface area contributed by atoms with Crippen molar-refractivity contribution in [2.45, 2.75) is 13.8 Å². The van der Waals surface area contributed by atoms with Gasteiger partial charge in [0, 0.05) is 34.7 Å². The molecule has 9 nitrogen and oxygen atoms in total. The summed E-state index contributed by atoms with van der Waals surface area (Å²) >= 11 is 0. The van der Waals surface area contributed by atoms with E-state index in [2.05, 4.69) is 10.5 Å². The molecular weight excluding hydrogens is 378 g/mol. The third kappa shape index (κ3) is 4.83. The molecule has 0 bridgehead atoms. The molecule has 0 fully saturated rings. The number of ether oxygens (including phenoxy) is 1. The number of rotatable bonds is 6. The van der Waals surface area contributed by atoms with Crippen LogP contribution in [0.1, 0.15) is 16.7 Å². The van der Waals surface area contributed by atoms with Crippen molar-refractivity contribution in [3.05, 3.63) is 79.7 Å². The highest BCUT2D eigenvalue weighted by atomic mass is 16.6. The van der Waals surface area contributed by atoms with Gasteiger partial charge in [-0.15, -0.1) is 0 Å². The molecule has 0 spiro atoms. The van der Waals surface area contributed by atoms with Crippen LogP contribution in [-0.2, 0) is 4.79 Å². The number of carbonyl (C=O) groups is 1. The van der Waals surface area contributed by atoms with E-state index in [1.807, 2.05) is 0 Å². The maximum absolute atomic E-state index is 11.9. The number of carbonyl (C=O) groups excluding carboxylic acids is 1. The van der Waals surface area contributed by atoms with E-state index in [0.717, 1.165) is 10.9 Å². The zero-order valence-electron chi connectivity index (χ0n) is 15.7.